The number of rotatable bonds is 5. The predicted molar refractivity (Wildman–Crippen MR) is 82.7 cm³/mol. The highest BCUT2D eigenvalue weighted by atomic mass is 16.5. The van der Waals surface area contributed by atoms with Crippen LogP contribution < -0.4 is 4.74 Å². The quantitative estimate of drug-likeness (QED) is 0.906. The first-order valence-corrected chi connectivity index (χ1v) is 6.97. The lowest BCUT2D eigenvalue weighted by Crippen LogP contribution is -2.23. The van der Waals surface area contributed by atoms with Crippen LogP contribution in [0.4, 0.5) is 0 Å². The van der Waals surface area contributed by atoms with E-state index < -0.39 is 12.1 Å². The van der Waals surface area contributed by atoms with Gasteiger partial charge >= 0.3 is 5.97 Å². The third kappa shape index (κ3) is 3.43. The summed E-state index contributed by atoms with van der Waals surface area (Å²) in [6.07, 6.45) is -0.849. The zero-order chi connectivity index (χ0) is 15.5. The zero-order valence-electron chi connectivity index (χ0n) is 12.5. The highest BCUT2D eigenvalue weighted by Crippen LogP contribution is 2.32. The molecular weight excluding hydrogens is 264 g/mol. The summed E-state index contributed by atoms with van der Waals surface area (Å²) in [5.41, 5.74) is 2.28. The average Bonchev–Trinajstić information content (AvgIpc) is 2.48. The standard InChI is InChI=1S/C18H20O3/c1-13(17(19)20)21-16-11-9-15(10-12-16)18(2,3)14-7-5-4-6-8-14/h4-13H,1-3H3,(H,19,20)/t13-/m1/s1. The Morgan fingerprint density at radius 1 is 1.00 bits per heavy atom. The molecule has 0 aliphatic heterocycles. The lowest BCUT2D eigenvalue weighted by atomic mass is 9.78. The Kier molecular flexibility index (Phi) is 4.32. The van der Waals surface area contributed by atoms with E-state index in [9.17, 15) is 4.79 Å². The van der Waals surface area contributed by atoms with Crippen LogP contribution in [-0.2, 0) is 10.2 Å². The Morgan fingerprint density at radius 2 is 1.52 bits per heavy atom. The first-order valence-electron chi connectivity index (χ1n) is 6.97. The topological polar surface area (TPSA) is 46.5 Å². The molecule has 0 saturated heterocycles. The van der Waals surface area contributed by atoms with Crippen molar-refractivity contribution in [3.8, 4) is 5.75 Å². The van der Waals surface area contributed by atoms with Crippen LogP contribution in [0.15, 0.2) is 54.6 Å². The zero-order valence-corrected chi connectivity index (χ0v) is 12.5. The molecule has 0 radical (unpaired) electrons. The summed E-state index contributed by atoms with van der Waals surface area (Å²) in [6.45, 7) is 5.85. The summed E-state index contributed by atoms with van der Waals surface area (Å²) >= 11 is 0. The second-order valence-corrected chi connectivity index (χ2v) is 5.61. The lowest BCUT2D eigenvalue weighted by Gasteiger charge is -2.26. The minimum Gasteiger partial charge on any atom is -0.479 e. The molecule has 0 bridgehead atoms. The maximum Gasteiger partial charge on any atom is 0.344 e. The van der Waals surface area contributed by atoms with Gasteiger partial charge in [-0.2, -0.15) is 0 Å². The van der Waals surface area contributed by atoms with Gasteiger partial charge in [-0.25, -0.2) is 4.79 Å². The highest BCUT2D eigenvalue weighted by molar-refractivity contribution is 5.72. The van der Waals surface area contributed by atoms with Gasteiger partial charge in [-0.3, -0.25) is 0 Å². The van der Waals surface area contributed by atoms with Crippen LogP contribution in [0.5, 0.6) is 5.75 Å². The number of hydrogen-bond donors (Lipinski definition) is 1. The van der Waals surface area contributed by atoms with E-state index >= 15 is 0 Å². The fourth-order valence-electron chi connectivity index (χ4n) is 2.23. The Bertz CT molecular complexity index is 600. The van der Waals surface area contributed by atoms with E-state index in [0.717, 1.165) is 5.56 Å². The van der Waals surface area contributed by atoms with Gasteiger partial charge in [-0.05, 0) is 30.2 Å². The average molecular weight is 284 g/mol. The molecule has 0 aliphatic rings. The molecule has 2 aromatic carbocycles. The lowest BCUT2D eigenvalue weighted by molar-refractivity contribution is -0.144. The summed E-state index contributed by atoms with van der Waals surface area (Å²) < 4.78 is 5.35. The second kappa shape index (κ2) is 6.00. The number of hydrogen-bond acceptors (Lipinski definition) is 2. The number of carbonyl (C=O) groups is 1. The number of benzene rings is 2. The normalized spacial score (nSPS) is 12.7. The molecule has 3 nitrogen and oxygen atoms in total. The summed E-state index contributed by atoms with van der Waals surface area (Å²) in [6, 6.07) is 17.9. The van der Waals surface area contributed by atoms with Crippen LogP contribution >= 0.6 is 0 Å². The molecule has 0 spiro atoms. The van der Waals surface area contributed by atoms with Crippen LogP contribution in [0.1, 0.15) is 31.9 Å². The van der Waals surface area contributed by atoms with E-state index in [1.807, 2.05) is 42.5 Å². The first kappa shape index (κ1) is 15.1. The maximum atomic E-state index is 10.8. The number of carboxylic acid groups (broad SMARTS) is 1. The summed E-state index contributed by atoms with van der Waals surface area (Å²) in [5.74, 6) is -0.402. The van der Waals surface area contributed by atoms with Gasteiger partial charge in [-0.15, -0.1) is 0 Å². The van der Waals surface area contributed by atoms with Crippen LogP contribution in [0.2, 0.25) is 0 Å². The van der Waals surface area contributed by atoms with Crippen LogP contribution in [0.3, 0.4) is 0 Å². The van der Waals surface area contributed by atoms with Gasteiger partial charge in [-0.1, -0.05) is 56.3 Å². The molecule has 0 aromatic heterocycles. The van der Waals surface area contributed by atoms with Crippen molar-refractivity contribution in [1.29, 1.82) is 0 Å². The number of carboxylic acids is 1. The van der Waals surface area contributed by atoms with Crippen molar-refractivity contribution in [3.05, 3.63) is 65.7 Å². The van der Waals surface area contributed by atoms with E-state index in [1.54, 1.807) is 0 Å². The molecule has 0 heterocycles. The number of ether oxygens (including phenoxy) is 1. The van der Waals surface area contributed by atoms with Crippen LogP contribution in [-0.4, -0.2) is 17.2 Å². The largest absolute Gasteiger partial charge is 0.479 e. The van der Waals surface area contributed by atoms with E-state index in [0.29, 0.717) is 5.75 Å². The van der Waals surface area contributed by atoms with Gasteiger partial charge in [0, 0.05) is 5.41 Å². The van der Waals surface area contributed by atoms with Gasteiger partial charge in [0.1, 0.15) is 5.75 Å². The monoisotopic (exact) mass is 284 g/mol. The molecule has 2 rings (SSSR count). The van der Waals surface area contributed by atoms with E-state index in [4.69, 9.17) is 9.84 Å². The van der Waals surface area contributed by atoms with Gasteiger partial charge in [0.25, 0.3) is 0 Å². The molecule has 0 aliphatic carbocycles. The van der Waals surface area contributed by atoms with Crippen LogP contribution in [0.25, 0.3) is 0 Å². The van der Waals surface area contributed by atoms with E-state index in [2.05, 4.69) is 26.0 Å². The van der Waals surface area contributed by atoms with Crippen molar-refractivity contribution in [2.24, 2.45) is 0 Å². The maximum absolute atomic E-state index is 10.8. The molecule has 1 atom stereocenters. The molecular formula is C18H20O3. The van der Waals surface area contributed by atoms with Crippen LogP contribution in [0, 0.1) is 0 Å². The van der Waals surface area contributed by atoms with Crippen molar-refractivity contribution < 1.29 is 14.6 Å². The summed E-state index contributed by atoms with van der Waals surface area (Å²) in [5, 5.41) is 8.85. The molecule has 110 valence electrons. The van der Waals surface area contributed by atoms with Crippen molar-refractivity contribution in [2.75, 3.05) is 0 Å². The molecule has 3 heteroatoms. The Labute approximate surface area is 125 Å². The number of aliphatic carboxylic acids is 1. The Hall–Kier alpha value is -2.29. The second-order valence-electron chi connectivity index (χ2n) is 5.61. The predicted octanol–water partition coefficient (Wildman–Crippen LogP) is 3.86. The Balaban J connectivity index is 2.21. The minimum atomic E-state index is -0.969. The fraction of sp³-hybridized carbons (Fsp3) is 0.278. The van der Waals surface area contributed by atoms with Crippen molar-refractivity contribution >= 4 is 5.97 Å². The molecule has 0 unspecified atom stereocenters. The third-order valence-corrected chi connectivity index (χ3v) is 3.73. The summed E-state index contributed by atoms with van der Waals surface area (Å²) in [7, 11) is 0. The van der Waals surface area contributed by atoms with Gasteiger partial charge in [0.2, 0.25) is 0 Å². The van der Waals surface area contributed by atoms with Crippen molar-refractivity contribution in [1.82, 2.24) is 0 Å². The van der Waals surface area contributed by atoms with E-state index in [1.165, 1.54) is 12.5 Å². The Morgan fingerprint density at radius 3 is 2.05 bits per heavy atom. The van der Waals surface area contributed by atoms with Gasteiger partial charge in [0.15, 0.2) is 6.10 Å². The fourth-order valence-corrected chi connectivity index (χ4v) is 2.23. The van der Waals surface area contributed by atoms with E-state index in [-0.39, 0.29) is 5.41 Å². The minimum absolute atomic E-state index is 0.113. The molecule has 0 fully saturated rings. The molecule has 0 amide bonds. The van der Waals surface area contributed by atoms with Crippen molar-refractivity contribution in [3.63, 3.8) is 0 Å². The highest BCUT2D eigenvalue weighted by Gasteiger charge is 2.22. The smallest absolute Gasteiger partial charge is 0.344 e. The summed E-state index contributed by atoms with van der Waals surface area (Å²) in [4.78, 5) is 10.8. The van der Waals surface area contributed by atoms with Crippen molar-refractivity contribution in [2.45, 2.75) is 32.3 Å². The molecule has 1 N–H and O–H groups in total. The molecule has 21 heavy (non-hydrogen) atoms. The first-order chi connectivity index (χ1) is 9.91. The SMILES string of the molecule is C[C@@H](Oc1ccc(C(C)(C)c2ccccc2)cc1)C(=O)O. The van der Waals surface area contributed by atoms with Gasteiger partial charge in [0.05, 0.1) is 0 Å². The molecule has 0 saturated carbocycles. The molecule has 2 aromatic rings. The van der Waals surface area contributed by atoms with Gasteiger partial charge < -0.3 is 9.84 Å². The third-order valence-electron chi connectivity index (χ3n) is 3.73.